The zero-order chi connectivity index (χ0) is 18.4. The lowest BCUT2D eigenvalue weighted by atomic mass is 10.2. The normalized spacial score (nSPS) is 9.17. The van der Waals surface area contributed by atoms with E-state index in [-0.39, 0.29) is 17.2 Å². The predicted octanol–water partition coefficient (Wildman–Crippen LogP) is 2.54. The van der Waals surface area contributed by atoms with Crippen LogP contribution in [0.5, 0.6) is 0 Å². The maximum absolute atomic E-state index is 10.4. The van der Waals surface area contributed by atoms with Crippen LogP contribution in [0.2, 0.25) is 0 Å². The van der Waals surface area contributed by atoms with E-state index < -0.39 is 4.92 Å². The number of nitrogens with zero attached hydrogens (tertiary/aromatic N) is 5. The van der Waals surface area contributed by atoms with E-state index >= 15 is 0 Å². The second-order valence-corrected chi connectivity index (χ2v) is 4.56. The van der Waals surface area contributed by atoms with Crippen LogP contribution < -0.4 is 17.2 Å². The van der Waals surface area contributed by atoms with Gasteiger partial charge in [0.2, 0.25) is 0 Å². The molecule has 2 rings (SSSR count). The number of nitrogens with two attached hydrogens (primary N) is 3. The maximum atomic E-state index is 10.4. The molecule has 0 bridgehead atoms. The molecule has 0 fully saturated rings. The molecule has 0 saturated carbocycles. The molecule has 0 amide bonds. The molecule has 0 radical (unpaired) electrons. The van der Waals surface area contributed by atoms with E-state index in [9.17, 15) is 10.1 Å². The molecule has 0 aromatic carbocycles. The lowest BCUT2D eigenvalue weighted by Gasteiger charge is -2.02. The van der Waals surface area contributed by atoms with Gasteiger partial charge in [-0.3, -0.25) is 10.1 Å². The fourth-order valence-corrected chi connectivity index (χ4v) is 1.61. The molecule has 2 aromatic heterocycles. The number of nitrogen functional groups attached to an aromatic ring is 3. The van der Waals surface area contributed by atoms with E-state index in [1.165, 1.54) is 13.1 Å². The van der Waals surface area contributed by atoms with Gasteiger partial charge < -0.3 is 26.9 Å². The van der Waals surface area contributed by atoms with Gasteiger partial charge in [-0.1, -0.05) is 13.1 Å². The van der Waals surface area contributed by atoms with Gasteiger partial charge in [-0.05, 0) is 13.8 Å². The molecule has 24 heavy (non-hydrogen) atoms. The summed E-state index contributed by atoms with van der Waals surface area (Å²) >= 11 is 0. The summed E-state index contributed by atoms with van der Waals surface area (Å²) in [6.07, 6.45) is 2.39. The molecule has 0 aliphatic carbocycles. The minimum Gasteiger partial charge on any atom is -0.398 e. The average Bonchev–Trinajstić information content (AvgIpc) is 2.55. The monoisotopic (exact) mass is 326 g/mol. The molecule has 10 nitrogen and oxygen atoms in total. The zero-order valence-electron chi connectivity index (χ0n) is 12.9. The largest absolute Gasteiger partial charge is 0.398 e. The van der Waals surface area contributed by atoms with Gasteiger partial charge in [-0.25, -0.2) is 0 Å². The van der Waals surface area contributed by atoms with Gasteiger partial charge in [-0.2, -0.15) is 0 Å². The number of rotatable bonds is 1. The summed E-state index contributed by atoms with van der Waals surface area (Å²) < 4.78 is 0. The Balaban J connectivity index is 0.000000243. The Bertz CT molecular complexity index is 880. The molecule has 0 unspecified atom stereocenters. The van der Waals surface area contributed by atoms with Gasteiger partial charge >= 0.3 is 5.69 Å². The Labute approximate surface area is 137 Å². The molecule has 0 spiro atoms. The van der Waals surface area contributed by atoms with Crippen LogP contribution in [0.15, 0.2) is 12.4 Å². The molecule has 122 valence electrons. The summed E-state index contributed by atoms with van der Waals surface area (Å²) in [5.41, 5.74) is 18.1. The third-order valence-electron chi connectivity index (χ3n) is 3.11. The number of hydrogen-bond donors (Lipinski definition) is 3. The average molecular weight is 326 g/mol. The lowest BCUT2D eigenvalue weighted by Crippen LogP contribution is -1.99. The van der Waals surface area contributed by atoms with E-state index in [1.807, 2.05) is 0 Å². The van der Waals surface area contributed by atoms with Gasteiger partial charge in [-0.15, -0.1) is 9.97 Å². The van der Waals surface area contributed by atoms with Crippen LogP contribution >= 0.6 is 0 Å². The minimum absolute atomic E-state index is 0.00556. The van der Waals surface area contributed by atoms with Crippen molar-refractivity contribution in [3.8, 4) is 0 Å². The third-order valence-corrected chi connectivity index (χ3v) is 3.11. The van der Waals surface area contributed by atoms with Gasteiger partial charge in [0.05, 0.1) is 16.3 Å². The van der Waals surface area contributed by atoms with Crippen molar-refractivity contribution < 1.29 is 4.92 Å². The molecule has 2 aromatic rings. The minimum atomic E-state index is -0.622. The fraction of sp³-hybridized carbons (Fsp3) is 0.143. The van der Waals surface area contributed by atoms with Crippen molar-refractivity contribution in [2.24, 2.45) is 0 Å². The van der Waals surface area contributed by atoms with Crippen molar-refractivity contribution in [3.63, 3.8) is 0 Å². The first-order valence-electron chi connectivity index (χ1n) is 6.39. The van der Waals surface area contributed by atoms with Gasteiger partial charge in [0, 0.05) is 11.1 Å². The summed E-state index contributed by atoms with van der Waals surface area (Å²) in [7, 11) is 0. The van der Waals surface area contributed by atoms with E-state index in [2.05, 4.69) is 19.7 Å². The first kappa shape index (κ1) is 18.1. The van der Waals surface area contributed by atoms with Gasteiger partial charge in [0.1, 0.15) is 11.9 Å². The molecule has 0 saturated heterocycles. The van der Waals surface area contributed by atoms with Crippen LogP contribution in [0.4, 0.5) is 34.4 Å². The Kier molecular flexibility index (Phi) is 5.57. The molecule has 10 heteroatoms. The van der Waals surface area contributed by atoms with Crippen molar-refractivity contribution in [2.75, 3.05) is 17.2 Å². The lowest BCUT2D eigenvalue weighted by molar-refractivity contribution is -0.384. The van der Waals surface area contributed by atoms with Crippen molar-refractivity contribution in [3.05, 3.63) is 56.5 Å². The zero-order valence-corrected chi connectivity index (χ0v) is 12.9. The second kappa shape index (κ2) is 7.38. The highest BCUT2D eigenvalue weighted by atomic mass is 16.6. The molecule has 2 heterocycles. The standard InChI is InChI=1S/C7H6N4O2.C7H8N4/c1-4-6(8)5(11(12)13)3-10-7(4)9-2;1-4-6(9)5(8)3-11-7(4)10-2/h3H,1H3,(H2,8,10);3H,8H2,1H3,(H2,9,11). The Morgan fingerprint density at radius 3 is 1.92 bits per heavy atom. The highest BCUT2D eigenvalue weighted by Gasteiger charge is 2.18. The molecule has 0 aliphatic heterocycles. The van der Waals surface area contributed by atoms with E-state index in [0.717, 1.165) is 6.20 Å². The Morgan fingerprint density at radius 2 is 1.46 bits per heavy atom. The van der Waals surface area contributed by atoms with Crippen LogP contribution in [-0.4, -0.2) is 14.9 Å². The van der Waals surface area contributed by atoms with E-state index in [1.54, 1.807) is 6.92 Å². The molecule has 0 aliphatic rings. The number of aromatic nitrogens is 2. The number of pyridine rings is 2. The van der Waals surface area contributed by atoms with E-state index in [4.69, 9.17) is 30.3 Å². The SMILES string of the molecule is [C-]#[N+]c1ncc(N)c(N)c1C.[C-]#[N+]c1ncc([N+](=O)[O-])c(N)c1C. The molecular weight excluding hydrogens is 312 g/mol. The Hall–Kier alpha value is -3.92. The van der Waals surface area contributed by atoms with Crippen LogP contribution in [0.25, 0.3) is 9.69 Å². The van der Waals surface area contributed by atoms with Crippen molar-refractivity contribution in [1.82, 2.24) is 9.97 Å². The number of anilines is 3. The Morgan fingerprint density at radius 1 is 1.00 bits per heavy atom. The van der Waals surface area contributed by atoms with Crippen LogP contribution in [-0.2, 0) is 0 Å². The van der Waals surface area contributed by atoms with Crippen LogP contribution in [0.1, 0.15) is 11.1 Å². The first-order valence-corrected chi connectivity index (χ1v) is 6.39. The fourth-order valence-electron chi connectivity index (χ4n) is 1.61. The number of nitro groups is 1. The summed E-state index contributed by atoms with van der Waals surface area (Å²) in [6.45, 7) is 16.7. The highest BCUT2D eigenvalue weighted by Crippen LogP contribution is 2.29. The van der Waals surface area contributed by atoms with Crippen molar-refractivity contribution in [1.29, 1.82) is 0 Å². The van der Waals surface area contributed by atoms with Crippen LogP contribution in [0, 0.1) is 37.1 Å². The summed E-state index contributed by atoms with van der Waals surface area (Å²) in [4.78, 5) is 23.4. The maximum Gasteiger partial charge on any atom is 0.332 e. The van der Waals surface area contributed by atoms with Crippen LogP contribution in [0.3, 0.4) is 0 Å². The smallest absolute Gasteiger partial charge is 0.332 e. The third kappa shape index (κ3) is 3.64. The van der Waals surface area contributed by atoms with Crippen molar-refractivity contribution >= 4 is 34.4 Å². The topological polar surface area (TPSA) is 156 Å². The quantitative estimate of drug-likeness (QED) is 0.413. The van der Waals surface area contributed by atoms with Gasteiger partial charge in [0.25, 0.3) is 11.6 Å². The summed E-state index contributed by atoms with van der Waals surface area (Å²) in [6, 6.07) is 0. The highest BCUT2D eigenvalue weighted by molar-refractivity contribution is 5.72. The molecule has 6 N–H and O–H groups in total. The summed E-state index contributed by atoms with van der Waals surface area (Å²) in [5, 5.41) is 10.4. The molecular formula is C14H14N8O2. The number of hydrogen-bond acceptors (Lipinski definition) is 7. The van der Waals surface area contributed by atoms with Gasteiger partial charge in [0.15, 0.2) is 6.20 Å². The van der Waals surface area contributed by atoms with Crippen molar-refractivity contribution in [2.45, 2.75) is 13.8 Å². The summed E-state index contributed by atoms with van der Waals surface area (Å²) in [5.74, 6) is 0.416. The first-order chi connectivity index (χ1) is 11.2. The predicted molar refractivity (Wildman–Crippen MR) is 90.4 cm³/mol. The van der Waals surface area contributed by atoms with E-state index in [0.29, 0.717) is 28.3 Å². The molecule has 0 atom stereocenters. The second-order valence-electron chi connectivity index (χ2n) is 4.56.